The molecule has 0 saturated heterocycles. The summed E-state index contributed by atoms with van der Waals surface area (Å²) in [7, 11) is 1.60. The standard InChI is InChI=1S/C24H24N2O3/c1-3-29-22-14-7-5-10-19(22)15-16-24(28)26(2)17-23(27)25-21-13-8-11-18-9-4-6-12-20(18)21/h4-16H,3,17H2,1-2H3,(H,25,27). The van der Waals surface area contributed by atoms with Gasteiger partial charge in [0.25, 0.3) is 0 Å². The first kappa shape index (κ1) is 20.1. The largest absolute Gasteiger partial charge is 0.493 e. The molecule has 0 atom stereocenters. The van der Waals surface area contributed by atoms with Gasteiger partial charge in [-0.05, 0) is 30.5 Å². The maximum absolute atomic E-state index is 12.4. The van der Waals surface area contributed by atoms with Crippen LogP contribution in [0.4, 0.5) is 5.69 Å². The van der Waals surface area contributed by atoms with E-state index in [-0.39, 0.29) is 18.4 Å². The van der Waals surface area contributed by atoms with E-state index < -0.39 is 0 Å². The normalized spacial score (nSPS) is 10.8. The molecule has 0 saturated carbocycles. The molecule has 148 valence electrons. The van der Waals surface area contributed by atoms with Crippen molar-refractivity contribution in [2.45, 2.75) is 6.92 Å². The molecule has 0 unspecified atom stereocenters. The van der Waals surface area contributed by atoms with Gasteiger partial charge in [0.2, 0.25) is 11.8 Å². The van der Waals surface area contributed by atoms with E-state index in [2.05, 4.69) is 5.32 Å². The summed E-state index contributed by atoms with van der Waals surface area (Å²) in [5, 5.41) is 4.90. The smallest absolute Gasteiger partial charge is 0.246 e. The molecule has 0 bridgehead atoms. The Morgan fingerprint density at radius 1 is 1.00 bits per heavy atom. The van der Waals surface area contributed by atoms with Crippen LogP contribution in [0.1, 0.15) is 12.5 Å². The molecule has 3 rings (SSSR count). The number of rotatable bonds is 7. The van der Waals surface area contributed by atoms with Gasteiger partial charge in [0, 0.05) is 29.8 Å². The summed E-state index contributed by atoms with van der Waals surface area (Å²) >= 11 is 0. The Hall–Kier alpha value is -3.60. The van der Waals surface area contributed by atoms with Crippen molar-refractivity contribution in [3.05, 3.63) is 78.4 Å². The second kappa shape index (κ2) is 9.55. The Morgan fingerprint density at radius 2 is 1.72 bits per heavy atom. The molecule has 0 radical (unpaired) electrons. The van der Waals surface area contributed by atoms with Crippen LogP contribution in [0.3, 0.4) is 0 Å². The number of para-hydroxylation sites is 1. The van der Waals surface area contributed by atoms with Crippen molar-refractivity contribution in [2.75, 3.05) is 25.5 Å². The number of benzene rings is 3. The van der Waals surface area contributed by atoms with Crippen LogP contribution < -0.4 is 10.1 Å². The van der Waals surface area contributed by atoms with Crippen LogP contribution in [0.2, 0.25) is 0 Å². The molecule has 3 aromatic rings. The third-order valence-electron chi connectivity index (χ3n) is 4.45. The van der Waals surface area contributed by atoms with E-state index in [4.69, 9.17) is 4.74 Å². The molecule has 5 heteroatoms. The van der Waals surface area contributed by atoms with Gasteiger partial charge in [-0.3, -0.25) is 9.59 Å². The summed E-state index contributed by atoms with van der Waals surface area (Å²) in [5.41, 5.74) is 1.55. The molecule has 5 nitrogen and oxygen atoms in total. The van der Waals surface area contributed by atoms with Gasteiger partial charge < -0.3 is 15.0 Å². The third kappa shape index (κ3) is 5.23. The molecule has 3 aromatic carbocycles. The van der Waals surface area contributed by atoms with E-state index in [1.165, 1.54) is 11.0 Å². The van der Waals surface area contributed by atoms with Crippen LogP contribution >= 0.6 is 0 Å². The SMILES string of the molecule is CCOc1ccccc1C=CC(=O)N(C)CC(=O)Nc1cccc2ccccc12. The van der Waals surface area contributed by atoms with Gasteiger partial charge >= 0.3 is 0 Å². The Kier molecular flexibility index (Phi) is 6.63. The fourth-order valence-corrected chi connectivity index (χ4v) is 3.01. The zero-order valence-corrected chi connectivity index (χ0v) is 16.6. The van der Waals surface area contributed by atoms with Crippen LogP contribution in [0, 0.1) is 0 Å². The summed E-state index contributed by atoms with van der Waals surface area (Å²) in [6.07, 6.45) is 3.15. The number of nitrogens with one attached hydrogen (secondary N) is 1. The lowest BCUT2D eigenvalue weighted by Gasteiger charge is -2.16. The molecule has 0 aliphatic heterocycles. The molecule has 0 spiro atoms. The van der Waals surface area contributed by atoms with E-state index in [9.17, 15) is 9.59 Å². The summed E-state index contributed by atoms with van der Waals surface area (Å²) in [4.78, 5) is 26.2. The first-order valence-electron chi connectivity index (χ1n) is 9.51. The van der Waals surface area contributed by atoms with Crippen molar-refractivity contribution in [3.8, 4) is 5.75 Å². The van der Waals surface area contributed by atoms with Gasteiger partial charge in [-0.25, -0.2) is 0 Å². The highest BCUT2D eigenvalue weighted by atomic mass is 16.5. The highest BCUT2D eigenvalue weighted by Gasteiger charge is 2.12. The lowest BCUT2D eigenvalue weighted by molar-refractivity contribution is -0.129. The predicted molar refractivity (Wildman–Crippen MR) is 117 cm³/mol. The second-order valence-corrected chi connectivity index (χ2v) is 6.57. The molecule has 0 fully saturated rings. The molecule has 0 heterocycles. The molecule has 29 heavy (non-hydrogen) atoms. The number of hydrogen-bond acceptors (Lipinski definition) is 3. The molecular formula is C24H24N2O3. The monoisotopic (exact) mass is 388 g/mol. The number of nitrogens with zero attached hydrogens (tertiary/aromatic N) is 1. The highest BCUT2D eigenvalue weighted by molar-refractivity contribution is 6.04. The minimum atomic E-state index is -0.260. The first-order valence-corrected chi connectivity index (χ1v) is 9.51. The summed E-state index contributed by atoms with van der Waals surface area (Å²) in [6, 6.07) is 21.1. The molecular weight excluding hydrogens is 364 g/mol. The van der Waals surface area contributed by atoms with Gasteiger partial charge in [0.15, 0.2) is 0 Å². The van der Waals surface area contributed by atoms with E-state index in [0.717, 1.165) is 27.8 Å². The Balaban J connectivity index is 1.63. The summed E-state index contributed by atoms with van der Waals surface area (Å²) in [6.45, 7) is 2.42. The predicted octanol–water partition coefficient (Wildman–Crippen LogP) is 4.35. The van der Waals surface area contributed by atoms with Crippen molar-refractivity contribution in [1.29, 1.82) is 0 Å². The average Bonchev–Trinajstić information content (AvgIpc) is 2.73. The van der Waals surface area contributed by atoms with Crippen LogP contribution in [0.5, 0.6) is 5.75 Å². The lowest BCUT2D eigenvalue weighted by Crippen LogP contribution is -2.33. The number of likely N-dealkylation sites (N-methyl/N-ethyl adjacent to an activating group) is 1. The average molecular weight is 388 g/mol. The quantitative estimate of drug-likeness (QED) is 0.612. The van der Waals surface area contributed by atoms with Gasteiger partial charge in [-0.2, -0.15) is 0 Å². The van der Waals surface area contributed by atoms with Crippen LogP contribution in [-0.2, 0) is 9.59 Å². The minimum absolute atomic E-state index is 0.0422. The van der Waals surface area contributed by atoms with Crippen molar-refractivity contribution in [1.82, 2.24) is 4.90 Å². The first-order chi connectivity index (χ1) is 14.1. The maximum atomic E-state index is 12.4. The number of anilines is 1. The Labute approximate surface area is 170 Å². The zero-order chi connectivity index (χ0) is 20.6. The van der Waals surface area contributed by atoms with Gasteiger partial charge in [-0.15, -0.1) is 0 Å². The van der Waals surface area contributed by atoms with Crippen LogP contribution in [0.25, 0.3) is 16.8 Å². The lowest BCUT2D eigenvalue weighted by atomic mass is 10.1. The topological polar surface area (TPSA) is 58.6 Å². The van der Waals surface area contributed by atoms with E-state index in [1.54, 1.807) is 13.1 Å². The summed E-state index contributed by atoms with van der Waals surface area (Å²) in [5.74, 6) is 0.208. The number of carbonyl (C=O) groups is 2. The second-order valence-electron chi connectivity index (χ2n) is 6.57. The number of amides is 2. The molecule has 1 N–H and O–H groups in total. The maximum Gasteiger partial charge on any atom is 0.246 e. The highest BCUT2D eigenvalue weighted by Crippen LogP contribution is 2.23. The molecule has 0 aliphatic rings. The fourth-order valence-electron chi connectivity index (χ4n) is 3.01. The van der Waals surface area contributed by atoms with Crippen molar-refractivity contribution >= 4 is 34.4 Å². The fraction of sp³-hybridized carbons (Fsp3) is 0.167. The van der Waals surface area contributed by atoms with E-state index in [0.29, 0.717) is 6.61 Å². The van der Waals surface area contributed by atoms with E-state index >= 15 is 0 Å². The number of hydrogen-bond donors (Lipinski definition) is 1. The van der Waals surface area contributed by atoms with Crippen LogP contribution in [-0.4, -0.2) is 36.9 Å². The summed E-state index contributed by atoms with van der Waals surface area (Å²) < 4.78 is 5.56. The zero-order valence-electron chi connectivity index (χ0n) is 16.6. The minimum Gasteiger partial charge on any atom is -0.493 e. The molecule has 0 aromatic heterocycles. The number of carbonyl (C=O) groups excluding carboxylic acids is 2. The number of ether oxygens (including phenoxy) is 1. The van der Waals surface area contributed by atoms with Crippen molar-refractivity contribution < 1.29 is 14.3 Å². The molecule has 2 amide bonds. The Bertz CT molecular complexity index is 1040. The van der Waals surface area contributed by atoms with Gasteiger partial charge in [-0.1, -0.05) is 54.6 Å². The van der Waals surface area contributed by atoms with Gasteiger partial charge in [0.1, 0.15) is 5.75 Å². The van der Waals surface area contributed by atoms with Crippen LogP contribution in [0.15, 0.2) is 72.8 Å². The van der Waals surface area contributed by atoms with Crippen molar-refractivity contribution in [3.63, 3.8) is 0 Å². The third-order valence-corrected chi connectivity index (χ3v) is 4.45. The van der Waals surface area contributed by atoms with E-state index in [1.807, 2.05) is 73.7 Å². The molecule has 0 aliphatic carbocycles. The number of fused-ring (bicyclic) bond motifs is 1. The van der Waals surface area contributed by atoms with Gasteiger partial charge in [0.05, 0.1) is 13.2 Å². The van der Waals surface area contributed by atoms with Crippen molar-refractivity contribution in [2.24, 2.45) is 0 Å². The Morgan fingerprint density at radius 3 is 2.55 bits per heavy atom.